The predicted octanol–water partition coefficient (Wildman–Crippen LogP) is 3.76. The Labute approximate surface area is 95.6 Å². The molecule has 0 fully saturated rings. The van der Waals surface area contributed by atoms with Gasteiger partial charge in [-0.1, -0.05) is 15.9 Å². The van der Waals surface area contributed by atoms with Gasteiger partial charge in [0.15, 0.2) is 0 Å². The number of aromatic carboxylic acids is 1. The number of rotatable bonds is 2. The molecule has 0 atom stereocenters. The molecule has 0 spiro atoms. The summed E-state index contributed by atoms with van der Waals surface area (Å²) in [7, 11) is 0. The normalized spacial score (nSPS) is 11.5. The highest BCUT2D eigenvalue weighted by atomic mass is 79.9. The Morgan fingerprint density at radius 2 is 1.93 bits per heavy atom. The Morgan fingerprint density at radius 1 is 1.33 bits per heavy atom. The Bertz CT molecular complexity index is 392. The van der Waals surface area contributed by atoms with Crippen LogP contribution in [0.15, 0.2) is 27.6 Å². The number of carbonyl (C=O) groups is 1. The van der Waals surface area contributed by atoms with Crippen LogP contribution in [0.1, 0.15) is 10.4 Å². The maximum absolute atomic E-state index is 12.0. The monoisotopic (exact) mass is 300 g/mol. The van der Waals surface area contributed by atoms with Gasteiger partial charge in [-0.15, -0.1) is 0 Å². The molecule has 0 aliphatic carbocycles. The third-order valence-corrected chi connectivity index (χ3v) is 2.51. The number of hydrogen-bond donors (Lipinski definition) is 1. The van der Waals surface area contributed by atoms with E-state index in [1.807, 2.05) is 0 Å². The van der Waals surface area contributed by atoms with Gasteiger partial charge >= 0.3 is 11.5 Å². The van der Waals surface area contributed by atoms with Gasteiger partial charge in [-0.3, -0.25) is 0 Å². The summed E-state index contributed by atoms with van der Waals surface area (Å²) in [5.41, 5.74) is -4.60. The fraction of sp³-hybridized carbons (Fsp3) is 0.125. The van der Waals surface area contributed by atoms with E-state index in [1.54, 1.807) is 0 Å². The maximum Gasteiger partial charge on any atom is 0.446 e. The number of alkyl halides is 3. The van der Waals surface area contributed by atoms with Crippen LogP contribution >= 0.6 is 27.7 Å². The molecule has 0 aliphatic rings. The van der Waals surface area contributed by atoms with E-state index < -0.39 is 11.5 Å². The lowest BCUT2D eigenvalue weighted by molar-refractivity contribution is -0.0328. The first-order valence-corrected chi connectivity index (χ1v) is 5.18. The molecule has 0 aromatic heterocycles. The van der Waals surface area contributed by atoms with Gasteiger partial charge in [-0.05, 0) is 30.0 Å². The lowest BCUT2D eigenvalue weighted by Crippen LogP contribution is -2.01. The van der Waals surface area contributed by atoms with Gasteiger partial charge in [-0.25, -0.2) is 4.79 Å². The van der Waals surface area contributed by atoms with E-state index in [0.29, 0.717) is 4.47 Å². The van der Waals surface area contributed by atoms with Crippen LogP contribution in [0, 0.1) is 0 Å². The Morgan fingerprint density at radius 3 is 2.40 bits per heavy atom. The fourth-order valence-electron chi connectivity index (χ4n) is 0.879. The van der Waals surface area contributed by atoms with E-state index in [9.17, 15) is 18.0 Å². The van der Waals surface area contributed by atoms with Gasteiger partial charge in [0.25, 0.3) is 0 Å². The predicted molar refractivity (Wildman–Crippen MR) is 53.0 cm³/mol. The summed E-state index contributed by atoms with van der Waals surface area (Å²) in [5.74, 6) is -1.26. The molecular formula is C8H4BrF3O2S. The molecule has 0 heterocycles. The van der Waals surface area contributed by atoms with Crippen molar-refractivity contribution < 1.29 is 23.1 Å². The molecule has 7 heteroatoms. The number of carboxylic acids is 1. The van der Waals surface area contributed by atoms with Crippen molar-refractivity contribution >= 4 is 33.7 Å². The summed E-state index contributed by atoms with van der Waals surface area (Å²) in [6, 6.07) is 3.43. The smallest absolute Gasteiger partial charge is 0.446 e. The van der Waals surface area contributed by atoms with Crippen LogP contribution < -0.4 is 0 Å². The zero-order valence-electron chi connectivity index (χ0n) is 7.01. The fourth-order valence-corrected chi connectivity index (χ4v) is 2.16. The Balaban J connectivity index is 3.04. The van der Waals surface area contributed by atoms with Gasteiger partial charge in [0.1, 0.15) is 0 Å². The molecule has 0 bridgehead atoms. The van der Waals surface area contributed by atoms with Crippen molar-refractivity contribution in [3.8, 4) is 0 Å². The molecule has 1 aromatic rings. The van der Waals surface area contributed by atoms with Crippen LogP contribution in [0.2, 0.25) is 0 Å². The molecule has 0 saturated heterocycles. The lowest BCUT2D eigenvalue weighted by atomic mass is 10.2. The summed E-state index contributed by atoms with van der Waals surface area (Å²) < 4.78 is 36.3. The quantitative estimate of drug-likeness (QED) is 0.845. The van der Waals surface area contributed by atoms with E-state index >= 15 is 0 Å². The summed E-state index contributed by atoms with van der Waals surface area (Å²) in [6.45, 7) is 0. The van der Waals surface area contributed by atoms with Crippen LogP contribution in [0.25, 0.3) is 0 Å². The number of benzene rings is 1. The third-order valence-electron chi connectivity index (χ3n) is 1.35. The number of thioether (sulfide) groups is 1. The molecule has 0 unspecified atom stereocenters. The van der Waals surface area contributed by atoms with Crippen LogP contribution in [0.4, 0.5) is 13.2 Å². The largest absolute Gasteiger partial charge is 0.478 e. The summed E-state index contributed by atoms with van der Waals surface area (Å²) in [4.78, 5) is 10.4. The molecule has 1 aromatic carbocycles. The Kier molecular flexibility index (Phi) is 3.67. The van der Waals surface area contributed by atoms with Crippen LogP contribution in [0.5, 0.6) is 0 Å². The molecule has 15 heavy (non-hydrogen) atoms. The average Bonchev–Trinajstić information content (AvgIpc) is 1.99. The molecule has 2 nitrogen and oxygen atoms in total. The van der Waals surface area contributed by atoms with Crippen molar-refractivity contribution in [1.29, 1.82) is 0 Å². The van der Waals surface area contributed by atoms with Crippen molar-refractivity contribution in [2.45, 2.75) is 10.4 Å². The average molecular weight is 301 g/mol. The van der Waals surface area contributed by atoms with Gasteiger partial charge in [0.05, 0.1) is 5.56 Å². The molecule has 0 saturated carbocycles. The van der Waals surface area contributed by atoms with Crippen LogP contribution in [-0.4, -0.2) is 16.6 Å². The first-order chi connectivity index (χ1) is 6.78. The third kappa shape index (κ3) is 4.13. The standard InChI is InChI=1S/C8H4BrF3O2S/c9-5-1-4(7(13)14)2-6(3-5)15-8(10,11)12/h1-3H,(H,13,14). The summed E-state index contributed by atoms with van der Waals surface area (Å²) in [5, 5.41) is 8.62. The van der Waals surface area contributed by atoms with Gasteiger partial charge in [0.2, 0.25) is 0 Å². The topological polar surface area (TPSA) is 37.3 Å². The summed E-state index contributed by atoms with van der Waals surface area (Å²) in [6.07, 6.45) is 0. The van der Waals surface area contributed by atoms with E-state index in [2.05, 4.69) is 15.9 Å². The molecule has 0 amide bonds. The van der Waals surface area contributed by atoms with Crippen molar-refractivity contribution in [3.63, 3.8) is 0 Å². The highest BCUT2D eigenvalue weighted by Crippen LogP contribution is 2.38. The van der Waals surface area contributed by atoms with E-state index in [4.69, 9.17) is 5.11 Å². The highest BCUT2D eigenvalue weighted by molar-refractivity contribution is 9.10. The second kappa shape index (κ2) is 4.44. The molecular weight excluding hydrogens is 297 g/mol. The SMILES string of the molecule is O=C(O)c1cc(Br)cc(SC(F)(F)F)c1. The van der Waals surface area contributed by atoms with Crippen molar-refractivity contribution in [3.05, 3.63) is 28.2 Å². The van der Waals surface area contributed by atoms with Crippen LogP contribution in [0.3, 0.4) is 0 Å². The zero-order chi connectivity index (χ0) is 11.6. The zero-order valence-corrected chi connectivity index (χ0v) is 9.41. The second-order valence-electron chi connectivity index (χ2n) is 2.53. The maximum atomic E-state index is 12.0. The van der Waals surface area contributed by atoms with Crippen molar-refractivity contribution in [2.75, 3.05) is 0 Å². The van der Waals surface area contributed by atoms with E-state index in [0.717, 1.165) is 6.07 Å². The molecule has 0 aliphatic heterocycles. The first kappa shape index (κ1) is 12.4. The highest BCUT2D eigenvalue weighted by Gasteiger charge is 2.29. The Hall–Kier alpha value is -0.690. The molecule has 82 valence electrons. The minimum atomic E-state index is -4.42. The minimum Gasteiger partial charge on any atom is -0.478 e. The van der Waals surface area contributed by atoms with Crippen molar-refractivity contribution in [2.24, 2.45) is 0 Å². The molecule has 0 radical (unpaired) electrons. The number of hydrogen-bond acceptors (Lipinski definition) is 2. The van der Waals surface area contributed by atoms with Gasteiger partial charge in [0, 0.05) is 9.37 Å². The molecule has 1 rings (SSSR count). The number of carboxylic acid groups (broad SMARTS) is 1. The van der Waals surface area contributed by atoms with E-state index in [1.165, 1.54) is 12.1 Å². The summed E-state index contributed by atoms with van der Waals surface area (Å²) >= 11 is 2.60. The van der Waals surface area contributed by atoms with E-state index in [-0.39, 0.29) is 22.2 Å². The lowest BCUT2D eigenvalue weighted by Gasteiger charge is -2.06. The molecule has 1 N–H and O–H groups in total. The second-order valence-corrected chi connectivity index (χ2v) is 4.58. The number of halogens is 4. The van der Waals surface area contributed by atoms with Gasteiger partial charge in [-0.2, -0.15) is 13.2 Å². The minimum absolute atomic E-state index is 0.158. The first-order valence-electron chi connectivity index (χ1n) is 3.57. The van der Waals surface area contributed by atoms with Crippen LogP contribution in [-0.2, 0) is 0 Å². The van der Waals surface area contributed by atoms with Gasteiger partial charge < -0.3 is 5.11 Å². The van der Waals surface area contributed by atoms with Crippen molar-refractivity contribution in [1.82, 2.24) is 0 Å².